The highest BCUT2D eigenvalue weighted by molar-refractivity contribution is 7.14. The molecule has 29 heavy (non-hydrogen) atoms. The third-order valence-corrected chi connectivity index (χ3v) is 5.33. The van der Waals surface area contributed by atoms with Crippen LogP contribution < -0.4 is 5.32 Å². The number of aryl methyl sites for hydroxylation is 1. The van der Waals surface area contributed by atoms with E-state index in [0.29, 0.717) is 11.3 Å². The maximum atomic E-state index is 12.6. The molecule has 4 rings (SSSR count). The third-order valence-electron chi connectivity index (χ3n) is 4.44. The van der Waals surface area contributed by atoms with Crippen LogP contribution in [0.5, 0.6) is 0 Å². The maximum Gasteiger partial charge on any atom is 0.269 e. The number of hydrogen-bond acceptors (Lipinski definition) is 7. The van der Waals surface area contributed by atoms with Gasteiger partial charge in [-0.15, -0.1) is 10.2 Å². The van der Waals surface area contributed by atoms with Crippen LogP contribution in [-0.2, 0) is 6.42 Å². The molecule has 0 saturated carbocycles. The predicted octanol–water partition coefficient (Wildman–Crippen LogP) is 3.24. The number of rotatable bonds is 5. The quantitative estimate of drug-likeness (QED) is 0.514. The first-order valence-electron chi connectivity index (χ1n) is 8.94. The van der Waals surface area contributed by atoms with Crippen molar-refractivity contribution in [3.63, 3.8) is 0 Å². The Labute approximate surface area is 170 Å². The molecule has 1 N–H and O–H groups in total. The van der Waals surface area contributed by atoms with Crippen LogP contribution in [-0.4, -0.2) is 38.9 Å². The molecule has 0 atom stereocenters. The van der Waals surface area contributed by atoms with E-state index >= 15 is 0 Å². The normalized spacial score (nSPS) is 10.8. The molecule has 0 unspecified atom stereocenters. The van der Waals surface area contributed by atoms with E-state index in [2.05, 4.69) is 25.5 Å². The Morgan fingerprint density at radius 1 is 1.00 bits per heavy atom. The SMILES string of the molecule is CNC(=O)c1ccc(C(=O)Cc2cc3cc(-c4nnc(C)s4)ccc3cn2)cn1. The summed E-state index contributed by atoms with van der Waals surface area (Å²) in [7, 11) is 1.53. The van der Waals surface area contributed by atoms with E-state index in [9.17, 15) is 9.59 Å². The summed E-state index contributed by atoms with van der Waals surface area (Å²) in [5.74, 6) is -0.398. The van der Waals surface area contributed by atoms with Gasteiger partial charge in [0.1, 0.15) is 15.7 Å². The molecule has 144 valence electrons. The monoisotopic (exact) mass is 403 g/mol. The molecule has 4 aromatic rings. The minimum Gasteiger partial charge on any atom is -0.354 e. The van der Waals surface area contributed by atoms with Crippen LogP contribution in [0, 0.1) is 6.92 Å². The van der Waals surface area contributed by atoms with E-state index in [4.69, 9.17) is 0 Å². The number of pyridine rings is 2. The smallest absolute Gasteiger partial charge is 0.269 e. The number of carbonyl (C=O) groups is 2. The lowest BCUT2D eigenvalue weighted by atomic mass is 10.0. The zero-order chi connectivity index (χ0) is 20.4. The minimum atomic E-state index is -0.290. The van der Waals surface area contributed by atoms with E-state index in [1.165, 1.54) is 30.6 Å². The average Bonchev–Trinajstić information content (AvgIpc) is 3.19. The third kappa shape index (κ3) is 4.02. The van der Waals surface area contributed by atoms with Crippen LogP contribution in [0.1, 0.15) is 31.5 Å². The van der Waals surface area contributed by atoms with Gasteiger partial charge in [0.2, 0.25) is 0 Å². The van der Waals surface area contributed by atoms with Gasteiger partial charge < -0.3 is 5.32 Å². The number of benzene rings is 1. The van der Waals surface area contributed by atoms with Crippen molar-refractivity contribution < 1.29 is 9.59 Å². The molecule has 3 aromatic heterocycles. The van der Waals surface area contributed by atoms with E-state index < -0.39 is 0 Å². The largest absolute Gasteiger partial charge is 0.354 e. The number of ketones is 1. The molecule has 0 aliphatic heterocycles. The number of fused-ring (bicyclic) bond motifs is 1. The zero-order valence-corrected chi connectivity index (χ0v) is 16.7. The highest BCUT2D eigenvalue weighted by Gasteiger charge is 2.12. The number of hydrogen-bond donors (Lipinski definition) is 1. The zero-order valence-electron chi connectivity index (χ0n) is 15.8. The van der Waals surface area contributed by atoms with Gasteiger partial charge in [0.25, 0.3) is 5.91 Å². The van der Waals surface area contributed by atoms with E-state index in [0.717, 1.165) is 26.4 Å². The number of amides is 1. The second-order valence-corrected chi connectivity index (χ2v) is 7.66. The predicted molar refractivity (Wildman–Crippen MR) is 111 cm³/mol. The Balaban J connectivity index is 1.57. The molecule has 8 heteroatoms. The molecule has 1 aromatic carbocycles. The number of carbonyl (C=O) groups excluding carboxylic acids is 2. The lowest BCUT2D eigenvalue weighted by molar-refractivity contribution is 0.0953. The summed E-state index contributed by atoms with van der Waals surface area (Å²) >= 11 is 1.54. The van der Waals surface area contributed by atoms with Gasteiger partial charge in [-0.25, -0.2) is 0 Å². The van der Waals surface area contributed by atoms with Crippen LogP contribution in [0.25, 0.3) is 21.3 Å². The Morgan fingerprint density at radius 2 is 1.86 bits per heavy atom. The van der Waals surface area contributed by atoms with Crippen LogP contribution in [0.2, 0.25) is 0 Å². The Kier molecular flexibility index (Phi) is 5.09. The fraction of sp³-hybridized carbons (Fsp3) is 0.143. The van der Waals surface area contributed by atoms with Crippen molar-refractivity contribution in [3.05, 3.63) is 70.8 Å². The minimum absolute atomic E-state index is 0.108. The molecule has 0 fully saturated rings. The molecule has 0 saturated heterocycles. The van der Waals surface area contributed by atoms with Crippen molar-refractivity contribution in [2.75, 3.05) is 7.05 Å². The first kappa shape index (κ1) is 18.8. The summed E-state index contributed by atoms with van der Waals surface area (Å²) in [5, 5.41) is 14.5. The van der Waals surface area contributed by atoms with Crippen molar-refractivity contribution >= 4 is 33.8 Å². The van der Waals surface area contributed by atoms with E-state index in [1.54, 1.807) is 12.3 Å². The highest BCUT2D eigenvalue weighted by Crippen LogP contribution is 2.27. The van der Waals surface area contributed by atoms with E-state index in [-0.39, 0.29) is 23.8 Å². The summed E-state index contributed by atoms with van der Waals surface area (Å²) in [6.07, 6.45) is 3.34. The number of aromatic nitrogens is 4. The van der Waals surface area contributed by atoms with Crippen molar-refractivity contribution in [3.8, 4) is 10.6 Å². The van der Waals surface area contributed by atoms with Gasteiger partial charge >= 0.3 is 0 Å². The first-order chi connectivity index (χ1) is 14.0. The number of nitrogens with one attached hydrogen (secondary N) is 1. The van der Waals surface area contributed by atoms with Gasteiger partial charge in [-0.2, -0.15) is 0 Å². The maximum absolute atomic E-state index is 12.6. The summed E-state index contributed by atoms with van der Waals surface area (Å²) in [6.45, 7) is 1.92. The highest BCUT2D eigenvalue weighted by atomic mass is 32.1. The molecular weight excluding hydrogens is 386 g/mol. The van der Waals surface area contributed by atoms with Crippen molar-refractivity contribution in [1.82, 2.24) is 25.5 Å². The second kappa shape index (κ2) is 7.84. The summed E-state index contributed by atoms with van der Waals surface area (Å²) in [6, 6.07) is 11.1. The van der Waals surface area contributed by atoms with Gasteiger partial charge in [0.05, 0.1) is 6.42 Å². The first-order valence-corrected chi connectivity index (χ1v) is 9.75. The van der Waals surface area contributed by atoms with Crippen LogP contribution in [0.15, 0.2) is 48.8 Å². The Morgan fingerprint density at radius 3 is 2.55 bits per heavy atom. The van der Waals surface area contributed by atoms with Crippen LogP contribution in [0.3, 0.4) is 0 Å². The number of nitrogens with zero attached hydrogens (tertiary/aromatic N) is 4. The number of Topliss-reactive ketones (excluding diaryl/α,β-unsaturated/α-hetero) is 1. The van der Waals surface area contributed by atoms with Crippen LogP contribution >= 0.6 is 11.3 Å². The van der Waals surface area contributed by atoms with Gasteiger partial charge in [0.15, 0.2) is 5.78 Å². The summed E-state index contributed by atoms with van der Waals surface area (Å²) < 4.78 is 0. The molecule has 0 radical (unpaired) electrons. The molecular formula is C21H17N5O2S. The molecule has 0 bridgehead atoms. The van der Waals surface area contributed by atoms with E-state index in [1.807, 2.05) is 31.2 Å². The topological polar surface area (TPSA) is 97.7 Å². The summed E-state index contributed by atoms with van der Waals surface area (Å²) in [5.41, 5.74) is 2.37. The molecule has 0 aliphatic rings. The summed E-state index contributed by atoms with van der Waals surface area (Å²) in [4.78, 5) is 32.6. The lowest BCUT2D eigenvalue weighted by Crippen LogP contribution is -2.19. The molecule has 3 heterocycles. The van der Waals surface area contributed by atoms with Gasteiger partial charge in [0, 0.05) is 41.6 Å². The fourth-order valence-electron chi connectivity index (χ4n) is 2.92. The van der Waals surface area contributed by atoms with Gasteiger partial charge in [-0.05, 0) is 36.6 Å². The molecule has 0 spiro atoms. The Hall–Kier alpha value is -3.52. The standard InChI is InChI=1S/C21H17N5O2S/c1-12-25-26-21(29-12)13-3-4-14-10-23-17(8-16(14)7-13)9-19(27)15-5-6-18(24-11-15)20(28)22-2/h3-8,10-11H,9H2,1-2H3,(H,22,28). The van der Waals surface area contributed by atoms with Crippen molar-refractivity contribution in [2.24, 2.45) is 0 Å². The lowest BCUT2D eigenvalue weighted by Gasteiger charge is -2.05. The molecule has 0 aliphatic carbocycles. The second-order valence-electron chi connectivity index (χ2n) is 6.47. The molecule has 1 amide bonds. The van der Waals surface area contributed by atoms with Gasteiger partial charge in [-0.3, -0.25) is 19.6 Å². The Bertz CT molecular complexity index is 1220. The van der Waals surface area contributed by atoms with Gasteiger partial charge in [-0.1, -0.05) is 23.5 Å². The average molecular weight is 403 g/mol. The van der Waals surface area contributed by atoms with Crippen molar-refractivity contribution in [2.45, 2.75) is 13.3 Å². The molecule has 7 nitrogen and oxygen atoms in total. The fourth-order valence-corrected chi connectivity index (χ4v) is 3.61. The van der Waals surface area contributed by atoms with Crippen molar-refractivity contribution in [1.29, 1.82) is 0 Å². The van der Waals surface area contributed by atoms with Crippen LogP contribution in [0.4, 0.5) is 0 Å².